The molecule has 0 bridgehead atoms. The molecule has 3 aromatic heterocycles. The predicted octanol–water partition coefficient (Wildman–Crippen LogP) is 0.826. The average Bonchev–Trinajstić information content (AvgIpc) is 2.68. The Hall–Kier alpha value is -2.87. The summed E-state index contributed by atoms with van der Waals surface area (Å²) >= 11 is 0. The van der Waals surface area contributed by atoms with Crippen LogP contribution in [0.1, 0.15) is 0 Å². The molecule has 0 atom stereocenters. The van der Waals surface area contributed by atoms with E-state index in [2.05, 4.69) is 39.6 Å². The highest BCUT2D eigenvalue weighted by Crippen LogP contribution is 2.27. The van der Waals surface area contributed by atoms with Gasteiger partial charge in [-0.3, -0.25) is 4.90 Å². The van der Waals surface area contributed by atoms with Crippen molar-refractivity contribution in [1.29, 1.82) is 0 Å². The fourth-order valence-electron chi connectivity index (χ4n) is 3.73. The Bertz CT molecular complexity index is 883. The van der Waals surface area contributed by atoms with E-state index < -0.39 is 0 Å². The first kappa shape index (κ1) is 15.4. The van der Waals surface area contributed by atoms with E-state index in [9.17, 15) is 0 Å². The Kier molecular flexibility index (Phi) is 3.82. The molecule has 0 spiro atoms. The molecule has 3 aromatic rings. The average molecular weight is 348 g/mol. The molecule has 0 aliphatic carbocycles. The van der Waals surface area contributed by atoms with Gasteiger partial charge in [0, 0.05) is 63.9 Å². The molecule has 8 nitrogen and oxygen atoms in total. The molecule has 2 aliphatic rings. The fourth-order valence-corrected chi connectivity index (χ4v) is 3.73. The molecule has 2 fully saturated rings. The third kappa shape index (κ3) is 2.72. The van der Waals surface area contributed by atoms with Crippen molar-refractivity contribution in [2.24, 2.45) is 0 Å². The number of aromatic nitrogens is 5. The summed E-state index contributed by atoms with van der Waals surface area (Å²) < 4.78 is 0. The van der Waals surface area contributed by atoms with Gasteiger partial charge in [0.2, 0.25) is 5.95 Å². The van der Waals surface area contributed by atoms with Crippen molar-refractivity contribution in [2.45, 2.75) is 6.04 Å². The van der Waals surface area contributed by atoms with Gasteiger partial charge in [-0.15, -0.1) is 0 Å². The van der Waals surface area contributed by atoms with E-state index in [4.69, 9.17) is 0 Å². The van der Waals surface area contributed by atoms with Crippen molar-refractivity contribution in [3.8, 4) is 0 Å². The van der Waals surface area contributed by atoms with Crippen LogP contribution in [-0.4, -0.2) is 75.1 Å². The lowest BCUT2D eigenvalue weighted by Gasteiger charge is -2.48. The first-order chi connectivity index (χ1) is 12.9. The second-order valence-corrected chi connectivity index (χ2v) is 6.70. The van der Waals surface area contributed by atoms with Crippen molar-refractivity contribution in [3.63, 3.8) is 0 Å². The maximum atomic E-state index is 4.49. The van der Waals surface area contributed by atoms with E-state index >= 15 is 0 Å². The second-order valence-electron chi connectivity index (χ2n) is 6.70. The van der Waals surface area contributed by atoms with Crippen LogP contribution in [0.4, 0.5) is 11.8 Å². The van der Waals surface area contributed by atoms with Gasteiger partial charge in [-0.1, -0.05) is 0 Å². The summed E-state index contributed by atoms with van der Waals surface area (Å²) in [5.74, 6) is 1.83. The van der Waals surface area contributed by atoms with E-state index in [0.29, 0.717) is 6.04 Å². The fraction of sp³-hybridized carbons (Fsp3) is 0.389. The Morgan fingerprint density at radius 2 is 1.54 bits per heavy atom. The van der Waals surface area contributed by atoms with Crippen molar-refractivity contribution < 1.29 is 0 Å². The standard InChI is InChI=1S/C18H20N8/c1-3-15-16(19-4-1)22-13-23-17(15)26-11-14(12-26)24-7-9-25(10-8-24)18-20-5-2-6-21-18/h1-6,13-14H,7-12H2. The van der Waals surface area contributed by atoms with Crippen LogP contribution >= 0.6 is 0 Å². The maximum absolute atomic E-state index is 4.49. The van der Waals surface area contributed by atoms with Crippen LogP contribution in [0.3, 0.4) is 0 Å². The molecule has 8 heteroatoms. The molecular weight excluding hydrogens is 328 g/mol. The quantitative estimate of drug-likeness (QED) is 0.689. The first-order valence-corrected chi connectivity index (χ1v) is 8.95. The lowest BCUT2D eigenvalue weighted by atomic mass is 10.1. The zero-order valence-corrected chi connectivity index (χ0v) is 14.4. The van der Waals surface area contributed by atoms with Crippen LogP contribution in [0, 0.1) is 0 Å². The predicted molar refractivity (Wildman–Crippen MR) is 99.2 cm³/mol. The molecule has 0 N–H and O–H groups in total. The van der Waals surface area contributed by atoms with Crippen molar-refractivity contribution in [1.82, 2.24) is 29.8 Å². The van der Waals surface area contributed by atoms with Crippen molar-refractivity contribution in [2.75, 3.05) is 49.1 Å². The summed E-state index contributed by atoms with van der Waals surface area (Å²) in [7, 11) is 0. The van der Waals surface area contributed by atoms with E-state index in [1.54, 1.807) is 24.9 Å². The molecule has 132 valence electrons. The van der Waals surface area contributed by atoms with Gasteiger partial charge in [0.1, 0.15) is 12.1 Å². The van der Waals surface area contributed by atoms with Gasteiger partial charge in [-0.05, 0) is 18.2 Å². The molecule has 5 rings (SSSR count). The molecular formula is C18H20N8. The zero-order valence-electron chi connectivity index (χ0n) is 14.4. The van der Waals surface area contributed by atoms with Gasteiger partial charge in [0.05, 0.1) is 5.39 Å². The van der Waals surface area contributed by atoms with Gasteiger partial charge < -0.3 is 9.80 Å². The zero-order chi connectivity index (χ0) is 17.3. The largest absolute Gasteiger partial charge is 0.353 e. The number of hydrogen-bond acceptors (Lipinski definition) is 8. The van der Waals surface area contributed by atoms with Gasteiger partial charge in [0.15, 0.2) is 5.65 Å². The Morgan fingerprint density at radius 3 is 2.35 bits per heavy atom. The summed E-state index contributed by atoms with van der Waals surface area (Å²) in [6, 6.07) is 6.42. The molecule has 0 amide bonds. The number of fused-ring (bicyclic) bond motifs is 1. The minimum Gasteiger partial charge on any atom is -0.353 e. The molecule has 2 aliphatic heterocycles. The van der Waals surface area contributed by atoms with Crippen molar-refractivity contribution >= 4 is 22.8 Å². The Labute approximate surface area is 151 Å². The normalized spacial score (nSPS) is 18.9. The SMILES string of the molecule is c1cnc(N2CCN(C3CN(c4ncnc5ncccc45)C3)CC2)nc1. The van der Waals surface area contributed by atoms with Gasteiger partial charge >= 0.3 is 0 Å². The van der Waals surface area contributed by atoms with Crippen LogP contribution in [0.5, 0.6) is 0 Å². The molecule has 0 saturated carbocycles. The summed E-state index contributed by atoms with van der Waals surface area (Å²) in [6.45, 7) is 6.04. The van der Waals surface area contributed by atoms with Gasteiger partial charge in [0.25, 0.3) is 0 Å². The lowest BCUT2D eigenvalue weighted by molar-refractivity contribution is 0.156. The third-order valence-electron chi connectivity index (χ3n) is 5.22. The highest BCUT2D eigenvalue weighted by molar-refractivity contribution is 5.86. The number of hydrogen-bond donors (Lipinski definition) is 0. The molecule has 0 aromatic carbocycles. The summed E-state index contributed by atoms with van der Waals surface area (Å²) in [5, 5.41) is 1.03. The highest BCUT2D eigenvalue weighted by atomic mass is 15.4. The maximum Gasteiger partial charge on any atom is 0.225 e. The molecule has 0 radical (unpaired) electrons. The summed E-state index contributed by atoms with van der Waals surface area (Å²) in [5.41, 5.74) is 0.762. The van der Waals surface area contributed by atoms with Crippen molar-refractivity contribution in [3.05, 3.63) is 43.1 Å². The van der Waals surface area contributed by atoms with Crippen LogP contribution < -0.4 is 9.80 Å². The number of piperazine rings is 1. The Morgan fingerprint density at radius 1 is 0.769 bits per heavy atom. The lowest BCUT2D eigenvalue weighted by Crippen LogP contribution is -2.63. The highest BCUT2D eigenvalue weighted by Gasteiger charge is 2.35. The smallest absolute Gasteiger partial charge is 0.225 e. The van der Waals surface area contributed by atoms with Gasteiger partial charge in [-0.2, -0.15) is 0 Å². The third-order valence-corrected chi connectivity index (χ3v) is 5.22. The molecule has 0 unspecified atom stereocenters. The van der Waals surface area contributed by atoms with Crippen LogP contribution in [0.2, 0.25) is 0 Å². The van der Waals surface area contributed by atoms with Crippen LogP contribution in [0.15, 0.2) is 43.1 Å². The first-order valence-electron chi connectivity index (χ1n) is 8.95. The van der Waals surface area contributed by atoms with E-state index in [1.807, 2.05) is 18.2 Å². The number of nitrogens with zero attached hydrogens (tertiary/aromatic N) is 8. The van der Waals surface area contributed by atoms with Crippen LogP contribution in [0.25, 0.3) is 11.0 Å². The molecule has 26 heavy (non-hydrogen) atoms. The summed E-state index contributed by atoms with van der Waals surface area (Å²) in [4.78, 5) is 28.9. The number of anilines is 2. The monoisotopic (exact) mass is 348 g/mol. The van der Waals surface area contributed by atoms with E-state index in [0.717, 1.165) is 62.1 Å². The molecule has 2 saturated heterocycles. The Balaban J connectivity index is 1.21. The topological polar surface area (TPSA) is 74.2 Å². The minimum atomic E-state index is 0.579. The summed E-state index contributed by atoms with van der Waals surface area (Å²) in [6.07, 6.45) is 6.99. The number of rotatable bonds is 3. The van der Waals surface area contributed by atoms with Crippen LogP contribution in [-0.2, 0) is 0 Å². The second kappa shape index (κ2) is 6.45. The van der Waals surface area contributed by atoms with E-state index in [-0.39, 0.29) is 0 Å². The van der Waals surface area contributed by atoms with E-state index in [1.165, 1.54) is 0 Å². The minimum absolute atomic E-state index is 0.579. The number of pyridine rings is 1. The van der Waals surface area contributed by atoms with Gasteiger partial charge in [-0.25, -0.2) is 24.9 Å². The molecule has 5 heterocycles.